The molecule has 1 aliphatic carbocycles. The molecular formula is C15H28N2O2. The lowest BCUT2D eigenvalue weighted by Gasteiger charge is -2.33. The predicted octanol–water partition coefficient (Wildman–Crippen LogP) is 1.89. The van der Waals surface area contributed by atoms with Gasteiger partial charge < -0.3 is 9.64 Å². The van der Waals surface area contributed by atoms with E-state index in [1.165, 1.54) is 38.6 Å². The van der Waals surface area contributed by atoms with Gasteiger partial charge in [-0.15, -0.1) is 0 Å². The first-order valence-electron chi connectivity index (χ1n) is 7.82. The van der Waals surface area contributed by atoms with Crippen LogP contribution in [0, 0.1) is 0 Å². The molecule has 0 atom stereocenters. The fourth-order valence-corrected chi connectivity index (χ4v) is 3.35. The van der Waals surface area contributed by atoms with Crippen LogP contribution in [0.15, 0.2) is 0 Å². The fraction of sp³-hybridized carbons (Fsp3) is 0.933. The predicted molar refractivity (Wildman–Crippen MR) is 76.1 cm³/mol. The van der Waals surface area contributed by atoms with Gasteiger partial charge in [0.15, 0.2) is 0 Å². The van der Waals surface area contributed by atoms with Crippen LogP contribution in [0.4, 0.5) is 0 Å². The third-order valence-electron chi connectivity index (χ3n) is 4.49. The quantitative estimate of drug-likeness (QED) is 0.780. The molecule has 4 nitrogen and oxygen atoms in total. The molecule has 0 aromatic carbocycles. The lowest BCUT2D eigenvalue weighted by molar-refractivity contribution is -0.132. The van der Waals surface area contributed by atoms with Crippen LogP contribution in [0.1, 0.15) is 44.9 Å². The Balaban J connectivity index is 1.78. The molecule has 2 rings (SSSR count). The minimum Gasteiger partial charge on any atom is -0.384 e. The molecule has 2 aliphatic rings. The van der Waals surface area contributed by atoms with E-state index in [9.17, 15) is 4.79 Å². The standard InChI is InChI=1S/C15H28N2O2/c1-19-13-8-15(18)17-10-5-9-16(11-12-17)14-6-3-2-4-7-14/h14H,2-13H2,1H3. The smallest absolute Gasteiger partial charge is 0.224 e. The van der Waals surface area contributed by atoms with Crippen molar-refractivity contribution in [1.29, 1.82) is 0 Å². The van der Waals surface area contributed by atoms with Gasteiger partial charge in [-0.25, -0.2) is 0 Å². The number of hydrogen-bond acceptors (Lipinski definition) is 3. The molecule has 0 aromatic heterocycles. The second-order valence-electron chi connectivity index (χ2n) is 5.80. The average Bonchev–Trinajstić information content (AvgIpc) is 2.71. The summed E-state index contributed by atoms with van der Waals surface area (Å²) in [7, 11) is 1.65. The number of methoxy groups -OCH3 is 1. The number of carbonyl (C=O) groups excluding carboxylic acids is 1. The van der Waals surface area contributed by atoms with Gasteiger partial charge in [-0.1, -0.05) is 19.3 Å². The topological polar surface area (TPSA) is 32.8 Å². The van der Waals surface area contributed by atoms with E-state index in [1.807, 2.05) is 4.90 Å². The highest BCUT2D eigenvalue weighted by Gasteiger charge is 2.24. The van der Waals surface area contributed by atoms with Crippen molar-refractivity contribution >= 4 is 5.91 Å². The number of hydrogen-bond donors (Lipinski definition) is 0. The van der Waals surface area contributed by atoms with Gasteiger partial charge in [-0.2, -0.15) is 0 Å². The molecule has 110 valence electrons. The minimum absolute atomic E-state index is 0.257. The molecule has 0 aromatic rings. The van der Waals surface area contributed by atoms with Crippen LogP contribution in [-0.4, -0.2) is 61.6 Å². The largest absolute Gasteiger partial charge is 0.384 e. The van der Waals surface area contributed by atoms with E-state index in [1.54, 1.807) is 7.11 Å². The minimum atomic E-state index is 0.257. The zero-order chi connectivity index (χ0) is 13.5. The van der Waals surface area contributed by atoms with E-state index < -0.39 is 0 Å². The van der Waals surface area contributed by atoms with Crippen LogP contribution in [0.2, 0.25) is 0 Å². The molecule has 1 saturated carbocycles. The first-order valence-corrected chi connectivity index (χ1v) is 7.82. The van der Waals surface area contributed by atoms with Gasteiger partial charge in [-0.3, -0.25) is 9.69 Å². The molecule has 1 heterocycles. The lowest BCUT2D eigenvalue weighted by Crippen LogP contribution is -2.40. The van der Waals surface area contributed by atoms with Crippen LogP contribution in [0.3, 0.4) is 0 Å². The molecule has 2 fully saturated rings. The summed E-state index contributed by atoms with van der Waals surface area (Å²) in [5, 5.41) is 0. The van der Waals surface area contributed by atoms with E-state index >= 15 is 0 Å². The van der Waals surface area contributed by atoms with Crippen molar-refractivity contribution in [3.63, 3.8) is 0 Å². The zero-order valence-electron chi connectivity index (χ0n) is 12.3. The SMILES string of the molecule is COCCC(=O)N1CCCN(C2CCCCC2)CC1. The molecular weight excluding hydrogens is 240 g/mol. The van der Waals surface area contributed by atoms with Crippen LogP contribution >= 0.6 is 0 Å². The number of amides is 1. The Labute approximate surface area is 117 Å². The molecule has 19 heavy (non-hydrogen) atoms. The lowest BCUT2D eigenvalue weighted by atomic mass is 9.94. The molecule has 0 unspecified atom stereocenters. The highest BCUT2D eigenvalue weighted by molar-refractivity contribution is 5.76. The van der Waals surface area contributed by atoms with Crippen LogP contribution in [-0.2, 0) is 9.53 Å². The number of rotatable bonds is 4. The third-order valence-corrected chi connectivity index (χ3v) is 4.49. The molecule has 0 spiro atoms. The van der Waals surface area contributed by atoms with Crippen molar-refractivity contribution in [3.8, 4) is 0 Å². The van der Waals surface area contributed by atoms with Crippen molar-refractivity contribution in [2.75, 3.05) is 39.9 Å². The maximum atomic E-state index is 12.0. The van der Waals surface area contributed by atoms with Crippen LogP contribution < -0.4 is 0 Å². The zero-order valence-corrected chi connectivity index (χ0v) is 12.3. The average molecular weight is 268 g/mol. The summed E-state index contributed by atoms with van der Waals surface area (Å²) in [5.41, 5.74) is 0. The Morgan fingerprint density at radius 2 is 1.84 bits per heavy atom. The van der Waals surface area contributed by atoms with E-state index in [4.69, 9.17) is 4.74 Å². The summed E-state index contributed by atoms with van der Waals surface area (Å²) >= 11 is 0. The van der Waals surface area contributed by atoms with E-state index in [2.05, 4.69) is 4.90 Å². The Hall–Kier alpha value is -0.610. The van der Waals surface area contributed by atoms with E-state index in [-0.39, 0.29) is 5.91 Å². The second-order valence-corrected chi connectivity index (χ2v) is 5.80. The Morgan fingerprint density at radius 3 is 2.58 bits per heavy atom. The summed E-state index contributed by atoms with van der Waals surface area (Å²) in [6.45, 7) is 4.59. The van der Waals surface area contributed by atoms with Gasteiger partial charge in [0.2, 0.25) is 5.91 Å². The van der Waals surface area contributed by atoms with Gasteiger partial charge in [0, 0.05) is 39.3 Å². The molecule has 0 bridgehead atoms. The van der Waals surface area contributed by atoms with Crippen molar-refractivity contribution in [2.24, 2.45) is 0 Å². The van der Waals surface area contributed by atoms with Crippen molar-refractivity contribution in [2.45, 2.75) is 51.0 Å². The van der Waals surface area contributed by atoms with Crippen molar-refractivity contribution < 1.29 is 9.53 Å². The Bertz CT molecular complexity index is 277. The third kappa shape index (κ3) is 4.46. The molecule has 4 heteroatoms. The normalized spacial score (nSPS) is 23.3. The second kappa shape index (κ2) is 7.85. The Morgan fingerprint density at radius 1 is 1.05 bits per heavy atom. The van der Waals surface area contributed by atoms with Gasteiger partial charge in [-0.05, 0) is 19.3 Å². The molecule has 1 aliphatic heterocycles. The maximum Gasteiger partial charge on any atom is 0.224 e. The summed E-state index contributed by atoms with van der Waals surface area (Å²) < 4.78 is 4.99. The first-order chi connectivity index (χ1) is 9.31. The van der Waals surface area contributed by atoms with Gasteiger partial charge in [0.25, 0.3) is 0 Å². The number of ether oxygens (including phenoxy) is 1. The molecule has 0 N–H and O–H groups in total. The van der Waals surface area contributed by atoms with Gasteiger partial charge in [0.1, 0.15) is 0 Å². The first kappa shape index (κ1) is 14.8. The highest BCUT2D eigenvalue weighted by Crippen LogP contribution is 2.23. The number of carbonyl (C=O) groups is 1. The molecule has 1 saturated heterocycles. The molecule has 0 radical (unpaired) electrons. The van der Waals surface area contributed by atoms with Gasteiger partial charge in [0.05, 0.1) is 13.0 Å². The molecule has 1 amide bonds. The summed E-state index contributed by atoms with van der Waals surface area (Å²) in [6, 6.07) is 0.780. The fourth-order valence-electron chi connectivity index (χ4n) is 3.35. The van der Waals surface area contributed by atoms with E-state index in [0.29, 0.717) is 13.0 Å². The van der Waals surface area contributed by atoms with Crippen LogP contribution in [0.25, 0.3) is 0 Å². The van der Waals surface area contributed by atoms with Crippen LogP contribution in [0.5, 0.6) is 0 Å². The number of nitrogens with zero attached hydrogens (tertiary/aromatic N) is 2. The monoisotopic (exact) mass is 268 g/mol. The highest BCUT2D eigenvalue weighted by atomic mass is 16.5. The van der Waals surface area contributed by atoms with E-state index in [0.717, 1.165) is 32.1 Å². The van der Waals surface area contributed by atoms with Crippen molar-refractivity contribution in [3.05, 3.63) is 0 Å². The summed E-state index contributed by atoms with van der Waals surface area (Å²) in [5.74, 6) is 0.257. The summed E-state index contributed by atoms with van der Waals surface area (Å²) in [4.78, 5) is 16.7. The Kier molecular flexibility index (Phi) is 6.11. The van der Waals surface area contributed by atoms with Crippen molar-refractivity contribution in [1.82, 2.24) is 9.80 Å². The summed E-state index contributed by atoms with van der Waals surface area (Å²) in [6.07, 6.45) is 8.55. The maximum absolute atomic E-state index is 12.0. The van der Waals surface area contributed by atoms with Gasteiger partial charge >= 0.3 is 0 Å².